The summed E-state index contributed by atoms with van der Waals surface area (Å²) in [7, 11) is 0. The van der Waals surface area contributed by atoms with E-state index in [1.165, 1.54) is 0 Å². The van der Waals surface area contributed by atoms with Crippen LogP contribution < -0.4 is 5.32 Å². The molecular weight excluding hydrogens is 332 g/mol. The van der Waals surface area contributed by atoms with Gasteiger partial charge in [0.2, 0.25) is 0 Å². The van der Waals surface area contributed by atoms with Gasteiger partial charge < -0.3 is 20.1 Å². The molecule has 0 aliphatic carbocycles. The summed E-state index contributed by atoms with van der Waals surface area (Å²) in [4.78, 5) is 25.7. The molecule has 2 aromatic rings. The molecule has 0 spiro atoms. The van der Waals surface area contributed by atoms with E-state index in [2.05, 4.69) is 5.32 Å². The van der Waals surface area contributed by atoms with E-state index in [1.54, 1.807) is 4.90 Å². The van der Waals surface area contributed by atoms with Crippen LogP contribution in [0, 0.1) is 0 Å². The number of aliphatic carboxylic acids is 1. The van der Waals surface area contributed by atoms with Crippen LogP contribution in [0.25, 0.3) is 11.1 Å². The van der Waals surface area contributed by atoms with Crippen molar-refractivity contribution in [2.24, 2.45) is 0 Å². The van der Waals surface area contributed by atoms with E-state index in [0.29, 0.717) is 26.3 Å². The van der Waals surface area contributed by atoms with E-state index >= 15 is 0 Å². The number of carboxylic acids is 1. The Morgan fingerprint density at radius 3 is 2.38 bits per heavy atom. The molecular formula is C20H22N2O4. The fraction of sp³-hybridized carbons (Fsp3) is 0.300. The van der Waals surface area contributed by atoms with Gasteiger partial charge in [-0.05, 0) is 16.7 Å². The first-order chi connectivity index (χ1) is 12.6. The van der Waals surface area contributed by atoms with Crippen molar-refractivity contribution in [2.45, 2.75) is 12.5 Å². The molecule has 1 heterocycles. The van der Waals surface area contributed by atoms with Gasteiger partial charge in [0.15, 0.2) is 0 Å². The topological polar surface area (TPSA) is 78.9 Å². The van der Waals surface area contributed by atoms with Crippen LogP contribution in [0.15, 0.2) is 54.6 Å². The Labute approximate surface area is 152 Å². The van der Waals surface area contributed by atoms with Crippen molar-refractivity contribution < 1.29 is 19.4 Å². The second-order valence-corrected chi connectivity index (χ2v) is 6.17. The smallest absolute Gasteiger partial charge is 0.326 e. The highest BCUT2D eigenvalue weighted by atomic mass is 16.5. The molecule has 136 valence electrons. The van der Waals surface area contributed by atoms with Gasteiger partial charge in [0.25, 0.3) is 0 Å². The van der Waals surface area contributed by atoms with Gasteiger partial charge in [-0.25, -0.2) is 9.59 Å². The van der Waals surface area contributed by atoms with Gasteiger partial charge in [-0.3, -0.25) is 0 Å². The van der Waals surface area contributed by atoms with E-state index in [0.717, 1.165) is 16.7 Å². The highest BCUT2D eigenvalue weighted by molar-refractivity contribution is 5.83. The molecule has 26 heavy (non-hydrogen) atoms. The summed E-state index contributed by atoms with van der Waals surface area (Å²) in [6, 6.07) is 16.1. The lowest BCUT2D eigenvalue weighted by Gasteiger charge is -2.28. The number of hydrogen-bond acceptors (Lipinski definition) is 3. The lowest BCUT2D eigenvalue weighted by atomic mass is 9.95. The van der Waals surface area contributed by atoms with Crippen LogP contribution in [0.3, 0.4) is 0 Å². The number of amides is 2. The number of urea groups is 1. The number of rotatable bonds is 5. The van der Waals surface area contributed by atoms with Crippen LogP contribution in [0.4, 0.5) is 4.79 Å². The maximum Gasteiger partial charge on any atom is 0.326 e. The quantitative estimate of drug-likeness (QED) is 0.864. The number of carboxylic acid groups (broad SMARTS) is 1. The SMILES string of the molecule is O=C(O)[C@H](Cc1ccccc1-c1ccccc1)NC(=O)N1CCOCC1. The fourth-order valence-electron chi connectivity index (χ4n) is 3.02. The maximum absolute atomic E-state index is 12.4. The third-order valence-corrected chi connectivity index (χ3v) is 4.42. The van der Waals surface area contributed by atoms with Crippen LogP contribution in [0.2, 0.25) is 0 Å². The van der Waals surface area contributed by atoms with Crippen molar-refractivity contribution in [2.75, 3.05) is 26.3 Å². The minimum absolute atomic E-state index is 0.219. The Morgan fingerprint density at radius 1 is 1.04 bits per heavy atom. The molecule has 1 fully saturated rings. The van der Waals surface area contributed by atoms with Crippen LogP contribution in [-0.4, -0.2) is 54.4 Å². The first kappa shape index (κ1) is 17.9. The molecule has 0 unspecified atom stereocenters. The van der Waals surface area contributed by atoms with Gasteiger partial charge in [0.05, 0.1) is 13.2 Å². The number of benzene rings is 2. The number of carbonyl (C=O) groups is 2. The molecule has 2 aromatic carbocycles. The monoisotopic (exact) mass is 354 g/mol. The highest BCUT2D eigenvalue weighted by Gasteiger charge is 2.25. The van der Waals surface area contributed by atoms with Crippen molar-refractivity contribution in [3.8, 4) is 11.1 Å². The van der Waals surface area contributed by atoms with E-state index in [9.17, 15) is 14.7 Å². The summed E-state index contributed by atoms with van der Waals surface area (Å²) >= 11 is 0. The lowest BCUT2D eigenvalue weighted by Crippen LogP contribution is -2.51. The molecule has 0 saturated carbocycles. The molecule has 6 nitrogen and oxygen atoms in total. The molecule has 1 atom stereocenters. The first-order valence-corrected chi connectivity index (χ1v) is 8.64. The molecule has 0 aromatic heterocycles. The Balaban J connectivity index is 1.76. The maximum atomic E-state index is 12.4. The summed E-state index contributed by atoms with van der Waals surface area (Å²) in [6.45, 7) is 1.89. The van der Waals surface area contributed by atoms with Gasteiger partial charge in [0.1, 0.15) is 6.04 Å². The van der Waals surface area contributed by atoms with Gasteiger partial charge in [0, 0.05) is 19.5 Å². The first-order valence-electron chi connectivity index (χ1n) is 8.64. The predicted octanol–water partition coefficient (Wildman–Crippen LogP) is 2.39. The van der Waals surface area contributed by atoms with Gasteiger partial charge in [-0.2, -0.15) is 0 Å². The van der Waals surface area contributed by atoms with E-state index < -0.39 is 12.0 Å². The lowest BCUT2D eigenvalue weighted by molar-refractivity contribution is -0.139. The zero-order valence-electron chi connectivity index (χ0n) is 14.4. The Bertz CT molecular complexity index is 757. The number of hydrogen-bond donors (Lipinski definition) is 2. The van der Waals surface area contributed by atoms with Crippen LogP contribution in [0.5, 0.6) is 0 Å². The summed E-state index contributed by atoms with van der Waals surface area (Å²) in [5.74, 6) is -1.05. The minimum Gasteiger partial charge on any atom is -0.480 e. The van der Waals surface area contributed by atoms with Crippen LogP contribution in [-0.2, 0) is 16.0 Å². The van der Waals surface area contributed by atoms with Crippen LogP contribution >= 0.6 is 0 Å². The molecule has 1 aliphatic rings. The van der Waals surface area contributed by atoms with Crippen molar-refractivity contribution in [3.05, 3.63) is 60.2 Å². The third-order valence-electron chi connectivity index (χ3n) is 4.42. The number of carbonyl (C=O) groups excluding carboxylic acids is 1. The molecule has 1 saturated heterocycles. The van der Waals surface area contributed by atoms with Gasteiger partial charge in [-0.15, -0.1) is 0 Å². The average molecular weight is 354 g/mol. The molecule has 2 N–H and O–H groups in total. The zero-order valence-corrected chi connectivity index (χ0v) is 14.4. The van der Waals surface area contributed by atoms with Crippen molar-refractivity contribution in [1.82, 2.24) is 10.2 Å². The molecule has 1 aliphatic heterocycles. The van der Waals surface area contributed by atoms with Gasteiger partial charge >= 0.3 is 12.0 Å². The van der Waals surface area contributed by atoms with Crippen LogP contribution in [0.1, 0.15) is 5.56 Å². The minimum atomic E-state index is -1.05. The standard InChI is InChI=1S/C20H22N2O4/c23-19(24)18(21-20(25)22-10-12-26-13-11-22)14-16-8-4-5-9-17(16)15-6-2-1-3-7-15/h1-9,18H,10-14H2,(H,21,25)(H,23,24)/t18-/m0/s1. The summed E-state index contributed by atoms with van der Waals surface area (Å²) in [5, 5.41) is 12.2. The number of ether oxygens (including phenoxy) is 1. The molecule has 0 radical (unpaired) electrons. The Morgan fingerprint density at radius 2 is 1.69 bits per heavy atom. The summed E-state index contributed by atoms with van der Waals surface area (Å²) in [6.07, 6.45) is 0.219. The molecule has 0 bridgehead atoms. The summed E-state index contributed by atoms with van der Waals surface area (Å²) < 4.78 is 5.22. The van der Waals surface area contributed by atoms with Crippen molar-refractivity contribution in [1.29, 1.82) is 0 Å². The van der Waals surface area contributed by atoms with E-state index in [4.69, 9.17) is 4.74 Å². The number of morpholine rings is 1. The molecule has 6 heteroatoms. The Hall–Kier alpha value is -2.86. The van der Waals surface area contributed by atoms with E-state index in [-0.39, 0.29) is 12.5 Å². The highest BCUT2D eigenvalue weighted by Crippen LogP contribution is 2.24. The molecule has 2 amide bonds. The largest absolute Gasteiger partial charge is 0.480 e. The fourth-order valence-corrected chi connectivity index (χ4v) is 3.02. The number of nitrogens with zero attached hydrogens (tertiary/aromatic N) is 1. The normalized spacial score (nSPS) is 15.3. The second-order valence-electron chi connectivity index (χ2n) is 6.17. The van der Waals surface area contributed by atoms with Crippen molar-refractivity contribution >= 4 is 12.0 Å². The van der Waals surface area contributed by atoms with Crippen molar-refractivity contribution in [3.63, 3.8) is 0 Å². The average Bonchev–Trinajstić information content (AvgIpc) is 2.69. The van der Waals surface area contributed by atoms with Gasteiger partial charge in [-0.1, -0.05) is 54.6 Å². The number of nitrogens with one attached hydrogen (secondary N) is 1. The molecule has 3 rings (SSSR count). The van der Waals surface area contributed by atoms with E-state index in [1.807, 2.05) is 54.6 Å². The predicted molar refractivity (Wildman–Crippen MR) is 97.9 cm³/mol. The summed E-state index contributed by atoms with van der Waals surface area (Å²) in [5.41, 5.74) is 2.88. The second kappa shape index (κ2) is 8.49. The zero-order chi connectivity index (χ0) is 18.4. The third kappa shape index (κ3) is 4.40. The Kier molecular flexibility index (Phi) is 5.86.